The van der Waals surface area contributed by atoms with E-state index in [9.17, 15) is 4.79 Å². The van der Waals surface area contributed by atoms with Crippen LogP contribution in [0.4, 0.5) is 5.69 Å². The summed E-state index contributed by atoms with van der Waals surface area (Å²) in [6.07, 6.45) is 0. The Morgan fingerprint density at radius 2 is 1.82 bits per heavy atom. The van der Waals surface area contributed by atoms with Crippen LogP contribution in [0.5, 0.6) is 5.75 Å². The van der Waals surface area contributed by atoms with E-state index < -0.39 is 5.25 Å². The normalized spacial score (nSPS) is 11.9. The molecule has 2 N–H and O–H groups in total. The Morgan fingerprint density at radius 3 is 2.43 bits per heavy atom. The number of nitrogens with zero attached hydrogens (tertiary/aromatic N) is 2. The predicted octanol–water partition coefficient (Wildman–Crippen LogP) is 5.56. The fourth-order valence-corrected chi connectivity index (χ4v) is 3.91. The van der Waals surface area contributed by atoms with Gasteiger partial charge >= 0.3 is 0 Å². The number of ether oxygens (including phenoxy) is 1. The number of carbonyl (C=O) groups is 1. The summed E-state index contributed by atoms with van der Waals surface area (Å²) >= 11 is 19.3. The number of thioether (sulfide) groups is 1. The fourth-order valence-electron chi connectivity index (χ4n) is 2.28. The van der Waals surface area contributed by atoms with Crippen LogP contribution >= 0.6 is 46.6 Å². The third kappa shape index (κ3) is 4.91. The molecule has 146 valence electrons. The number of hydrogen-bond acceptors (Lipinski definition) is 5. The second-order valence-corrected chi connectivity index (χ2v) is 8.25. The molecular weight excluding hydrogens is 443 g/mol. The van der Waals surface area contributed by atoms with Crippen molar-refractivity contribution in [1.82, 2.24) is 15.2 Å². The van der Waals surface area contributed by atoms with Crippen molar-refractivity contribution < 1.29 is 9.53 Å². The first-order valence-electron chi connectivity index (χ1n) is 8.06. The number of H-pyrrole nitrogens is 1. The lowest BCUT2D eigenvalue weighted by Gasteiger charge is -2.13. The van der Waals surface area contributed by atoms with E-state index in [0.717, 1.165) is 11.3 Å². The molecule has 10 heteroatoms. The fraction of sp³-hybridized carbons (Fsp3) is 0.167. The highest BCUT2D eigenvalue weighted by molar-refractivity contribution is 8.00. The summed E-state index contributed by atoms with van der Waals surface area (Å²) in [4.78, 5) is 16.9. The van der Waals surface area contributed by atoms with Crippen LogP contribution in [0.2, 0.25) is 15.1 Å². The van der Waals surface area contributed by atoms with Gasteiger partial charge in [-0.2, -0.15) is 0 Å². The van der Waals surface area contributed by atoms with Gasteiger partial charge in [-0.05, 0) is 43.3 Å². The highest BCUT2D eigenvalue weighted by atomic mass is 35.5. The molecule has 0 spiro atoms. The molecule has 3 aromatic rings. The van der Waals surface area contributed by atoms with Crippen molar-refractivity contribution in [1.29, 1.82) is 0 Å². The van der Waals surface area contributed by atoms with Crippen LogP contribution in [0.15, 0.2) is 41.6 Å². The van der Waals surface area contributed by atoms with Crippen molar-refractivity contribution >= 4 is 58.2 Å². The van der Waals surface area contributed by atoms with E-state index in [1.54, 1.807) is 14.0 Å². The van der Waals surface area contributed by atoms with Crippen molar-refractivity contribution in [2.75, 3.05) is 12.4 Å². The molecule has 0 fully saturated rings. The SMILES string of the molecule is COc1ccc(-c2nc(SC(C)C(=O)Nc3c(Cl)cc(Cl)cc3Cl)n[nH]2)cc1. The Balaban J connectivity index is 1.67. The quantitative estimate of drug-likeness (QED) is 0.474. The number of amides is 1. The molecular formula is C18H15Cl3N4O2S. The Labute approximate surface area is 180 Å². The lowest BCUT2D eigenvalue weighted by Crippen LogP contribution is -2.23. The number of nitrogens with one attached hydrogen (secondary N) is 2. The van der Waals surface area contributed by atoms with Crippen molar-refractivity contribution in [3.8, 4) is 17.1 Å². The van der Waals surface area contributed by atoms with Gasteiger partial charge in [0.1, 0.15) is 5.75 Å². The van der Waals surface area contributed by atoms with Gasteiger partial charge in [-0.25, -0.2) is 4.98 Å². The third-order valence-corrected chi connectivity index (χ3v) is 5.51. The molecule has 0 radical (unpaired) electrons. The second kappa shape index (κ2) is 9.05. The van der Waals surface area contributed by atoms with Gasteiger partial charge < -0.3 is 10.1 Å². The van der Waals surface area contributed by atoms with Crippen LogP contribution in [0, 0.1) is 0 Å². The lowest BCUT2D eigenvalue weighted by molar-refractivity contribution is -0.115. The van der Waals surface area contributed by atoms with Crippen molar-refractivity contribution in [3.63, 3.8) is 0 Å². The minimum atomic E-state index is -0.484. The summed E-state index contributed by atoms with van der Waals surface area (Å²) in [6.45, 7) is 1.74. The first-order valence-corrected chi connectivity index (χ1v) is 10.1. The van der Waals surface area contributed by atoms with Gasteiger partial charge in [0.25, 0.3) is 0 Å². The van der Waals surface area contributed by atoms with E-state index >= 15 is 0 Å². The molecule has 28 heavy (non-hydrogen) atoms. The van der Waals surface area contributed by atoms with E-state index in [-0.39, 0.29) is 16.0 Å². The van der Waals surface area contributed by atoms with E-state index in [1.165, 1.54) is 23.9 Å². The smallest absolute Gasteiger partial charge is 0.237 e. The van der Waals surface area contributed by atoms with Crippen molar-refractivity contribution in [2.24, 2.45) is 0 Å². The first kappa shape index (κ1) is 20.8. The van der Waals surface area contributed by atoms with Crippen LogP contribution in [-0.2, 0) is 4.79 Å². The van der Waals surface area contributed by atoms with Gasteiger partial charge in [0.05, 0.1) is 28.1 Å². The molecule has 1 aromatic heterocycles. The van der Waals surface area contributed by atoms with E-state index in [1.807, 2.05) is 24.3 Å². The molecule has 1 amide bonds. The average Bonchev–Trinajstić information content (AvgIpc) is 3.13. The van der Waals surface area contributed by atoms with Gasteiger partial charge in [0.2, 0.25) is 11.1 Å². The Hall–Kier alpha value is -1.93. The largest absolute Gasteiger partial charge is 0.497 e. The number of hydrogen-bond donors (Lipinski definition) is 2. The third-order valence-electron chi connectivity index (χ3n) is 3.73. The maximum absolute atomic E-state index is 12.5. The predicted molar refractivity (Wildman–Crippen MR) is 114 cm³/mol. The first-order chi connectivity index (χ1) is 13.4. The topological polar surface area (TPSA) is 79.9 Å². The summed E-state index contributed by atoms with van der Waals surface area (Å²) in [5, 5.41) is 10.6. The Bertz CT molecular complexity index is 972. The minimum Gasteiger partial charge on any atom is -0.497 e. The molecule has 6 nitrogen and oxygen atoms in total. The highest BCUT2D eigenvalue weighted by Gasteiger charge is 2.20. The average molecular weight is 458 g/mol. The zero-order chi connectivity index (χ0) is 20.3. The number of carbonyl (C=O) groups excluding carboxylic acids is 1. The van der Waals surface area contributed by atoms with Gasteiger partial charge in [0.15, 0.2) is 5.82 Å². The van der Waals surface area contributed by atoms with E-state index in [0.29, 0.717) is 21.7 Å². The Morgan fingerprint density at radius 1 is 1.18 bits per heavy atom. The van der Waals surface area contributed by atoms with Crippen LogP contribution in [0.3, 0.4) is 0 Å². The standard InChI is InChI=1S/C18H15Cl3N4O2S/c1-9(17(26)22-15-13(20)7-11(19)8-14(15)21)28-18-23-16(24-25-18)10-3-5-12(27-2)6-4-10/h3-9H,1-2H3,(H,22,26)(H,23,24,25). The van der Waals surface area contributed by atoms with E-state index in [2.05, 4.69) is 20.5 Å². The molecule has 2 aromatic carbocycles. The molecule has 0 aliphatic heterocycles. The summed E-state index contributed by atoms with van der Waals surface area (Å²) < 4.78 is 5.14. The molecule has 0 bridgehead atoms. The van der Waals surface area contributed by atoms with Crippen LogP contribution < -0.4 is 10.1 Å². The number of anilines is 1. The number of halogens is 3. The summed E-state index contributed by atoms with van der Waals surface area (Å²) in [5.74, 6) is 1.07. The number of methoxy groups -OCH3 is 1. The van der Waals surface area contributed by atoms with Gasteiger partial charge in [-0.3, -0.25) is 9.89 Å². The van der Waals surface area contributed by atoms with Crippen LogP contribution in [0.25, 0.3) is 11.4 Å². The molecule has 1 unspecified atom stereocenters. The van der Waals surface area contributed by atoms with Crippen LogP contribution in [-0.4, -0.2) is 33.4 Å². The minimum absolute atomic E-state index is 0.266. The van der Waals surface area contributed by atoms with Crippen molar-refractivity contribution in [2.45, 2.75) is 17.3 Å². The zero-order valence-corrected chi connectivity index (χ0v) is 17.9. The monoisotopic (exact) mass is 456 g/mol. The van der Waals surface area contributed by atoms with Crippen LogP contribution in [0.1, 0.15) is 6.92 Å². The number of aromatic amines is 1. The summed E-state index contributed by atoms with van der Waals surface area (Å²) in [5.41, 5.74) is 1.18. The maximum Gasteiger partial charge on any atom is 0.237 e. The zero-order valence-electron chi connectivity index (χ0n) is 14.8. The molecule has 0 saturated heterocycles. The summed E-state index contributed by atoms with van der Waals surface area (Å²) in [6, 6.07) is 10.4. The molecule has 1 atom stereocenters. The van der Waals surface area contributed by atoms with Crippen molar-refractivity contribution in [3.05, 3.63) is 51.5 Å². The second-order valence-electron chi connectivity index (χ2n) is 5.69. The number of rotatable bonds is 6. The van der Waals surface area contributed by atoms with Gasteiger partial charge in [0, 0.05) is 10.6 Å². The molecule has 0 aliphatic carbocycles. The molecule has 0 aliphatic rings. The maximum atomic E-state index is 12.5. The highest BCUT2D eigenvalue weighted by Crippen LogP contribution is 2.34. The van der Waals surface area contributed by atoms with Gasteiger partial charge in [-0.1, -0.05) is 46.6 Å². The van der Waals surface area contributed by atoms with E-state index in [4.69, 9.17) is 39.5 Å². The molecule has 0 saturated carbocycles. The number of aromatic nitrogens is 3. The molecule has 3 rings (SSSR count). The Kier molecular flexibility index (Phi) is 6.72. The summed E-state index contributed by atoms with van der Waals surface area (Å²) in [7, 11) is 1.61. The molecule has 1 heterocycles. The van der Waals surface area contributed by atoms with Gasteiger partial charge in [-0.15, -0.1) is 5.10 Å². The lowest BCUT2D eigenvalue weighted by atomic mass is 10.2. The number of benzene rings is 2.